The molecule has 90 valence electrons. The Morgan fingerprint density at radius 3 is 2.62 bits per heavy atom. The molecule has 0 aliphatic heterocycles. The Balaban J connectivity index is 2.33. The molecule has 1 aromatic rings. The van der Waals surface area contributed by atoms with Crippen LogP contribution in [0.4, 0.5) is 0 Å². The van der Waals surface area contributed by atoms with E-state index in [0.717, 1.165) is 28.5 Å². The fourth-order valence-corrected chi connectivity index (χ4v) is 2.41. The van der Waals surface area contributed by atoms with Crippen molar-refractivity contribution in [2.45, 2.75) is 46.5 Å². The molecule has 1 rings (SSSR count). The number of aryl methyl sites for hydroxylation is 2. The van der Waals surface area contributed by atoms with Gasteiger partial charge in [-0.25, -0.2) is 4.98 Å². The number of aromatic nitrogens is 1. The Bertz CT molecular complexity index is 347. The van der Waals surface area contributed by atoms with E-state index in [4.69, 9.17) is 0 Å². The van der Waals surface area contributed by atoms with Crippen LogP contribution < -0.4 is 5.32 Å². The summed E-state index contributed by atoms with van der Waals surface area (Å²) in [6.07, 6.45) is 4.73. The van der Waals surface area contributed by atoms with Gasteiger partial charge >= 0.3 is 0 Å². The SMILES string of the molecule is CCCCCCNC(=O)c1sc(C)nc1C. The topological polar surface area (TPSA) is 42.0 Å². The van der Waals surface area contributed by atoms with Crippen molar-refractivity contribution in [1.82, 2.24) is 10.3 Å². The Hall–Kier alpha value is -0.900. The van der Waals surface area contributed by atoms with Gasteiger partial charge < -0.3 is 5.32 Å². The predicted octanol–water partition coefficient (Wildman–Crippen LogP) is 3.07. The van der Waals surface area contributed by atoms with Gasteiger partial charge in [-0.1, -0.05) is 26.2 Å². The lowest BCUT2D eigenvalue weighted by Gasteiger charge is -2.03. The van der Waals surface area contributed by atoms with Crippen molar-refractivity contribution >= 4 is 17.2 Å². The molecule has 1 amide bonds. The summed E-state index contributed by atoms with van der Waals surface area (Å²) in [5.41, 5.74) is 0.841. The van der Waals surface area contributed by atoms with E-state index in [9.17, 15) is 4.79 Å². The van der Waals surface area contributed by atoms with Crippen molar-refractivity contribution in [3.8, 4) is 0 Å². The number of thiazole rings is 1. The van der Waals surface area contributed by atoms with Gasteiger partial charge in [-0.3, -0.25) is 4.79 Å². The second-order valence-electron chi connectivity index (χ2n) is 3.96. The first-order valence-electron chi connectivity index (χ1n) is 5.87. The van der Waals surface area contributed by atoms with Crippen molar-refractivity contribution in [1.29, 1.82) is 0 Å². The largest absolute Gasteiger partial charge is 0.351 e. The lowest BCUT2D eigenvalue weighted by Crippen LogP contribution is -2.24. The molecule has 0 radical (unpaired) electrons. The first-order chi connectivity index (χ1) is 7.65. The minimum absolute atomic E-state index is 0.0274. The summed E-state index contributed by atoms with van der Waals surface area (Å²) in [5.74, 6) is 0.0274. The molecule has 1 heterocycles. The number of carbonyl (C=O) groups excluding carboxylic acids is 1. The van der Waals surface area contributed by atoms with Gasteiger partial charge in [0.1, 0.15) is 4.88 Å². The van der Waals surface area contributed by atoms with Crippen molar-refractivity contribution in [3.63, 3.8) is 0 Å². The average Bonchev–Trinajstić information content (AvgIpc) is 2.57. The molecule has 0 saturated carbocycles. The van der Waals surface area contributed by atoms with Crippen LogP contribution in [0.3, 0.4) is 0 Å². The highest BCUT2D eigenvalue weighted by Crippen LogP contribution is 2.16. The zero-order valence-corrected chi connectivity index (χ0v) is 11.1. The summed E-state index contributed by atoms with van der Waals surface area (Å²) < 4.78 is 0. The molecule has 1 aromatic heterocycles. The molecular formula is C12H20N2OS. The molecule has 0 aliphatic carbocycles. The van der Waals surface area contributed by atoms with Crippen molar-refractivity contribution in [3.05, 3.63) is 15.6 Å². The second-order valence-corrected chi connectivity index (χ2v) is 5.17. The van der Waals surface area contributed by atoms with E-state index in [-0.39, 0.29) is 5.91 Å². The van der Waals surface area contributed by atoms with E-state index >= 15 is 0 Å². The van der Waals surface area contributed by atoms with Crippen molar-refractivity contribution in [2.24, 2.45) is 0 Å². The van der Waals surface area contributed by atoms with Crippen LogP contribution in [0.25, 0.3) is 0 Å². The van der Waals surface area contributed by atoms with Crippen LogP contribution >= 0.6 is 11.3 Å². The Kier molecular flexibility index (Phi) is 5.46. The van der Waals surface area contributed by atoms with E-state index in [1.165, 1.54) is 30.6 Å². The zero-order chi connectivity index (χ0) is 12.0. The number of rotatable bonds is 6. The second kappa shape index (κ2) is 6.63. The van der Waals surface area contributed by atoms with E-state index in [1.807, 2.05) is 13.8 Å². The molecule has 0 spiro atoms. The third-order valence-electron chi connectivity index (χ3n) is 2.43. The lowest BCUT2D eigenvalue weighted by molar-refractivity contribution is 0.0956. The van der Waals surface area contributed by atoms with Gasteiger partial charge in [0.05, 0.1) is 10.7 Å². The number of carbonyl (C=O) groups is 1. The maximum atomic E-state index is 11.8. The Morgan fingerprint density at radius 1 is 1.31 bits per heavy atom. The highest BCUT2D eigenvalue weighted by molar-refractivity contribution is 7.13. The number of nitrogens with zero attached hydrogens (tertiary/aromatic N) is 1. The summed E-state index contributed by atoms with van der Waals surface area (Å²) in [5, 5.41) is 3.90. The van der Waals surface area contributed by atoms with Crippen molar-refractivity contribution in [2.75, 3.05) is 6.54 Å². The lowest BCUT2D eigenvalue weighted by atomic mass is 10.2. The van der Waals surface area contributed by atoms with Gasteiger partial charge in [-0.15, -0.1) is 11.3 Å². The van der Waals surface area contributed by atoms with Crippen LogP contribution in [-0.4, -0.2) is 17.4 Å². The Morgan fingerprint density at radius 2 is 2.06 bits per heavy atom. The fraction of sp³-hybridized carbons (Fsp3) is 0.667. The molecule has 3 nitrogen and oxygen atoms in total. The maximum Gasteiger partial charge on any atom is 0.263 e. The summed E-state index contributed by atoms with van der Waals surface area (Å²) >= 11 is 1.47. The first-order valence-corrected chi connectivity index (χ1v) is 6.69. The minimum Gasteiger partial charge on any atom is -0.351 e. The number of hydrogen-bond acceptors (Lipinski definition) is 3. The highest BCUT2D eigenvalue weighted by Gasteiger charge is 2.12. The third-order valence-corrected chi connectivity index (χ3v) is 3.50. The predicted molar refractivity (Wildman–Crippen MR) is 68.1 cm³/mol. The smallest absolute Gasteiger partial charge is 0.263 e. The molecule has 0 bridgehead atoms. The van der Waals surface area contributed by atoms with Gasteiger partial charge in [0.25, 0.3) is 5.91 Å². The molecule has 16 heavy (non-hydrogen) atoms. The number of amides is 1. The molecule has 0 saturated heterocycles. The van der Waals surface area contributed by atoms with Crippen LogP contribution in [-0.2, 0) is 0 Å². The van der Waals surface area contributed by atoms with Gasteiger partial charge in [0, 0.05) is 6.54 Å². The molecule has 0 unspecified atom stereocenters. The molecular weight excluding hydrogens is 220 g/mol. The molecule has 4 heteroatoms. The zero-order valence-electron chi connectivity index (χ0n) is 10.3. The first kappa shape index (κ1) is 13.2. The summed E-state index contributed by atoms with van der Waals surface area (Å²) in [4.78, 5) is 16.8. The Labute approximate surface area is 101 Å². The number of unbranched alkanes of at least 4 members (excludes halogenated alkanes) is 3. The average molecular weight is 240 g/mol. The molecule has 0 fully saturated rings. The summed E-state index contributed by atoms with van der Waals surface area (Å²) in [6.45, 7) is 6.77. The van der Waals surface area contributed by atoms with Crippen LogP contribution in [0.15, 0.2) is 0 Å². The van der Waals surface area contributed by atoms with Gasteiger partial charge in [-0.2, -0.15) is 0 Å². The maximum absolute atomic E-state index is 11.8. The monoisotopic (exact) mass is 240 g/mol. The molecule has 0 aliphatic rings. The summed E-state index contributed by atoms with van der Waals surface area (Å²) in [6, 6.07) is 0. The van der Waals surface area contributed by atoms with Gasteiger partial charge in [0.15, 0.2) is 0 Å². The van der Waals surface area contributed by atoms with E-state index in [2.05, 4.69) is 17.2 Å². The normalized spacial score (nSPS) is 10.4. The van der Waals surface area contributed by atoms with E-state index in [1.54, 1.807) is 0 Å². The molecule has 0 atom stereocenters. The van der Waals surface area contributed by atoms with E-state index in [0.29, 0.717) is 0 Å². The van der Waals surface area contributed by atoms with E-state index < -0.39 is 0 Å². The van der Waals surface area contributed by atoms with Crippen LogP contribution in [0.5, 0.6) is 0 Å². The number of hydrogen-bond donors (Lipinski definition) is 1. The van der Waals surface area contributed by atoms with Crippen LogP contribution in [0.2, 0.25) is 0 Å². The summed E-state index contributed by atoms with van der Waals surface area (Å²) in [7, 11) is 0. The molecule has 1 N–H and O–H groups in total. The quantitative estimate of drug-likeness (QED) is 0.776. The molecule has 0 aromatic carbocycles. The van der Waals surface area contributed by atoms with Gasteiger partial charge in [-0.05, 0) is 20.3 Å². The minimum atomic E-state index is 0.0274. The van der Waals surface area contributed by atoms with Crippen LogP contribution in [0.1, 0.15) is 53.0 Å². The van der Waals surface area contributed by atoms with Gasteiger partial charge in [0.2, 0.25) is 0 Å². The van der Waals surface area contributed by atoms with Crippen molar-refractivity contribution < 1.29 is 4.79 Å². The number of nitrogens with one attached hydrogen (secondary N) is 1. The standard InChI is InChI=1S/C12H20N2OS/c1-4-5-6-7-8-13-12(15)11-9(2)14-10(3)16-11/h4-8H2,1-3H3,(H,13,15). The van der Waals surface area contributed by atoms with Crippen LogP contribution in [0, 0.1) is 13.8 Å². The fourth-order valence-electron chi connectivity index (χ4n) is 1.58. The third kappa shape index (κ3) is 3.93. The highest BCUT2D eigenvalue weighted by atomic mass is 32.1.